The van der Waals surface area contributed by atoms with E-state index in [2.05, 4.69) is 10.1 Å². The molecule has 0 amide bonds. The average molecular weight is 201 g/mol. The molecule has 15 heavy (non-hydrogen) atoms. The van der Waals surface area contributed by atoms with Crippen LogP contribution in [0, 0.1) is 0 Å². The number of rotatable bonds is 2. The van der Waals surface area contributed by atoms with Crippen LogP contribution in [0.1, 0.15) is 11.4 Å². The molecule has 1 N–H and O–H groups in total. The summed E-state index contributed by atoms with van der Waals surface area (Å²) in [5.74, 6) is 0.642. The molecule has 0 atom stereocenters. The first kappa shape index (κ1) is 9.45. The lowest BCUT2D eigenvalue weighted by Gasteiger charge is -2.03. The summed E-state index contributed by atoms with van der Waals surface area (Å²) in [5.41, 5.74) is 1.32. The van der Waals surface area contributed by atoms with Crippen LogP contribution < -0.4 is 0 Å². The van der Waals surface area contributed by atoms with Crippen LogP contribution in [0.2, 0.25) is 0 Å². The zero-order chi connectivity index (χ0) is 10.7. The SMILES string of the molecule is Cn1ccnc1C(=NO)c1ccccc1. The highest BCUT2D eigenvalue weighted by atomic mass is 16.4. The van der Waals surface area contributed by atoms with Crippen molar-refractivity contribution < 1.29 is 5.21 Å². The van der Waals surface area contributed by atoms with Crippen molar-refractivity contribution in [3.8, 4) is 0 Å². The monoisotopic (exact) mass is 201 g/mol. The van der Waals surface area contributed by atoms with E-state index in [-0.39, 0.29) is 0 Å². The largest absolute Gasteiger partial charge is 0.410 e. The van der Waals surface area contributed by atoms with Gasteiger partial charge in [0.2, 0.25) is 0 Å². The Kier molecular flexibility index (Phi) is 2.49. The topological polar surface area (TPSA) is 50.4 Å². The van der Waals surface area contributed by atoms with Gasteiger partial charge in [0.1, 0.15) is 0 Å². The zero-order valence-electron chi connectivity index (χ0n) is 8.33. The highest BCUT2D eigenvalue weighted by Crippen LogP contribution is 2.08. The molecule has 0 aliphatic carbocycles. The molecule has 1 aromatic heterocycles. The molecular weight excluding hydrogens is 190 g/mol. The number of benzene rings is 1. The molecule has 0 saturated heterocycles. The normalized spacial score (nSPS) is 11.7. The van der Waals surface area contributed by atoms with Crippen LogP contribution in [0.15, 0.2) is 47.9 Å². The highest BCUT2D eigenvalue weighted by Gasteiger charge is 2.11. The Morgan fingerprint density at radius 1 is 1.33 bits per heavy atom. The van der Waals surface area contributed by atoms with Crippen molar-refractivity contribution in [2.45, 2.75) is 0 Å². The van der Waals surface area contributed by atoms with Gasteiger partial charge >= 0.3 is 0 Å². The molecule has 2 rings (SSSR count). The maximum Gasteiger partial charge on any atom is 0.162 e. The molecule has 1 heterocycles. The minimum Gasteiger partial charge on any atom is -0.410 e. The molecule has 0 saturated carbocycles. The number of aryl methyl sites for hydroxylation is 1. The van der Waals surface area contributed by atoms with Crippen LogP contribution >= 0.6 is 0 Å². The van der Waals surface area contributed by atoms with E-state index in [1.165, 1.54) is 0 Å². The molecule has 4 heteroatoms. The molecule has 0 spiro atoms. The van der Waals surface area contributed by atoms with Crippen molar-refractivity contribution in [3.05, 3.63) is 54.1 Å². The Bertz CT molecular complexity index is 474. The molecule has 76 valence electrons. The van der Waals surface area contributed by atoms with E-state index in [1.54, 1.807) is 6.20 Å². The van der Waals surface area contributed by atoms with Gasteiger partial charge in [-0.1, -0.05) is 35.5 Å². The van der Waals surface area contributed by atoms with Gasteiger partial charge in [0.15, 0.2) is 11.5 Å². The maximum atomic E-state index is 9.01. The Morgan fingerprint density at radius 2 is 2.07 bits per heavy atom. The molecule has 0 radical (unpaired) electrons. The predicted octanol–water partition coefficient (Wildman–Crippen LogP) is 1.65. The molecule has 1 aromatic carbocycles. The van der Waals surface area contributed by atoms with Gasteiger partial charge in [-0.2, -0.15) is 0 Å². The van der Waals surface area contributed by atoms with E-state index >= 15 is 0 Å². The second-order valence-corrected chi connectivity index (χ2v) is 3.18. The minimum atomic E-state index is 0.475. The molecule has 0 aliphatic rings. The van der Waals surface area contributed by atoms with Crippen molar-refractivity contribution in [1.29, 1.82) is 0 Å². The summed E-state index contributed by atoms with van der Waals surface area (Å²) in [6, 6.07) is 9.46. The second-order valence-electron chi connectivity index (χ2n) is 3.18. The standard InChI is InChI=1S/C11H11N3O/c1-14-8-7-12-11(14)10(13-15)9-5-3-2-4-6-9/h2-8,15H,1H3. The first-order valence-corrected chi connectivity index (χ1v) is 4.58. The Hall–Kier alpha value is -2.10. The number of nitrogens with zero attached hydrogens (tertiary/aromatic N) is 3. The fourth-order valence-electron chi connectivity index (χ4n) is 1.42. The van der Waals surface area contributed by atoms with E-state index in [9.17, 15) is 0 Å². The third-order valence-corrected chi connectivity index (χ3v) is 2.18. The Balaban J connectivity index is 2.48. The molecule has 2 aromatic rings. The summed E-state index contributed by atoms with van der Waals surface area (Å²) < 4.78 is 1.81. The second kappa shape index (κ2) is 3.96. The predicted molar refractivity (Wildman–Crippen MR) is 57.1 cm³/mol. The van der Waals surface area contributed by atoms with Crippen molar-refractivity contribution in [3.63, 3.8) is 0 Å². The quantitative estimate of drug-likeness (QED) is 0.456. The fourth-order valence-corrected chi connectivity index (χ4v) is 1.42. The summed E-state index contributed by atoms with van der Waals surface area (Å²) in [6.45, 7) is 0. The van der Waals surface area contributed by atoms with Crippen LogP contribution in [0.4, 0.5) is 0 Å². The fraction of sp³-hybridized carbons (Fsp3) is 0.0909. The summed E-state index contributed by atoms with van der Waals surface area (Å²) in [4.78, 5) is 4.14. The van der Waals surface area contributed by atoms with Gasteiger partial charge in [0, 0.05) is 25.0 Å². The van der Waals surface area contributed by atoms with E-state index < -0.39 is 0 Å². The summed E-state index contributed by atoms with van der Waals surface area (Å²) >= 11 is 0. The molecular formula is C11H11N3O. The molecule has 0 bridgehead atoms. The Morgan fingerprint density at radius 3 is 2.60 bits per heavy atom. The van der Waals surface area contributed by atoms with E-state index in [0.717, 1.165) is 5.56 Å². The third-order valence-electron chi connectivity index (χ3n) is 2.18. The highest BCUT2D eigenvalue weighted by molar-refractivity contribution is 6.10. The van der Waals surface area contributed by atoms with Crippen LogP contribution in [-0.4, -0.2) is 20.5 Å². The van der Waals surface area contributed by atoms with Crippen LogP contribution in [0.5, 0.6) is 0 Å². The van der Waals surface area contributed by atoms with Crippen molar-refractivity contribution >= 4 is 5.71 Å². The first-order chi connectivity index (χ1) is 7.33. The minimum absolute atomic E-state index is 0.475. The summed E-state index contributed by atoms with van der Waals surface area (Å²) in [5, 5.41) is 12.3. The first-order valence-electron chi connectivity index (χ1n) is 4.58. The van der Waals surface area contributed by atoms with E-state index in [4.69, 9.17) is 5.21 Å². The lowest BCUT2D eigenvalue weighted by molar-refractivity contribution is 0.319. The Labute approximate surface area is 87.5 Å². The van der Waals surface area contributed by atoms with Crippen molar-refractivity contribution in [2.24, 2.45) is 12.2 Å². The molecule has 0 unspecified atom stereocenters. The van der Waals surface area contributed by atoms with Crippen LogP contribution in [0.3, 0.4) is 0 Å². The van der Waals surface area contributed by atoms with Gasteiger partial charge in [0.25, 0.3) is 0 Å². The number of imidazole rings is 1. The van der Waals surface area contributed by atoms with E-state index in [1.807, 2.05) is 48.1 Å². The van der Waals surface area contributed by atoms with Gasteiger partial charge in [-0.3, -0.25) is 0 Å². The van der Waals surface area contributed by atoms with Gasteiger partial charge in [-0.15, -0.1) is 0 Å². The zero-order valence-corrected chi connectivity index (χ0v) is 8.33. The summed E-state index contributed by atoms with van der Waals surface area (Å²) in [7, 11) is 1.86. The lowest BCUT2D eigenvalue weighted by Crippen LogP contribution is -2.09. The molecule has 4 nitrogen and oxygen atoms in total. The van der Waals surface area contributed by atoms with Crippen molar-refractivity contribution in [2.75, 3.05) is 0 Å². The maximum absolute atomic E-state index is 9.01. The van der Waals surface area contributed by atoms with Crippen molar-refractivity contribution in [1.82, 2.24) is 9.55 Å². The smallest absolute Gasteiger partial charge is 0.162 e. The van der Waals surface area contributed by atoms with Gasteiger partial charge in [-0.25, -0.2) is 4.98 Å². The number of aromatic nitrogens is 2. The van der Waals surface area contributed by atoms with Gasteiger partial charge in [0.05, 0.1) is 0 Å². The van der Waals surface area contributed by atoms with Crippen LogP contribution in [0.25, 0.3) is 0 Å². The van der Waals surface area contributed by atoms with Gasteiger partial charge < -0.3 is 9.77 Å². The number of hydrogen-bond acceptors (Lipinski definition) is 3. The van der Waals surface area contributed by atoms with E-state index in [0.29, 0.717) is 11.5 Å². The molecule has 0 fully saturated rings. The molecule has 0 aliphatic heterocycles. The third kappa shape index (κ3) is 1.74. The lowest BCUT2D eigenvalue weighted by atomic mass is 10.1. The number of hydrogen-bond donors (Lipinski definition) is 1. The average Bonchev–Trinajstić information content (AvgIpc) is 2.68. The van der Waals surface area contributed by atoms with Gasteiger partial charge in [-0.05, 0) is 0 Å². The summed E-state index contributed by atoms with van der Waals surface area (Å²) in [6.07, 6.45) is 3.48. The van der Waals surface area contributed by atoms with Crippen LogP contribution in [-0.2, 0) is 7.05 Å². The number of oxime groups is 1.